The van der Waals surface area contributed by atoms with E-state index in [2.05, 4.69) is 6.92 Å². The summed E-state index contributed by atoms with van der Waals surface area (Å²) in [5.41, 5.74) is 1.23. The first-order valence-electron chi connectivity index (χ1n) is 10.7. The van der Waals surface area contributed by atoms with Crippen molar-refractivity contribution in [3.63, 3.8) is 0 Å². The second-order valence-corrected chi connectivity index (χ2v) is 8.06. The van der Waals surface area contributed by atoms with Crippen molar-refractivity contribution in [2.24, 2.45) is 0 Å². The Balaban J connectivity index is 1.97. The molecular weight excluding hydrogens is 414 g/mol. The van der Waals surface area contributed by atoms with Crippen molar-refractivity contribution in [1.82, 2.24) is 4.90 Å². The zero-order chi connectivity index (χ0) is 22.4. The van der Waals surface area contributed by atoms with Crippen molar-refractivity contribution in [3.05, 3.63) is 70.3 Å². The number of Topliss-reactive ketones (excluding diaryl/α,β-unsaturated/α-hetero) is 1. The zero-order valence-corrected chi connectivity index (χ0v) is 18.7. The van der Waals surface area contributed by atoms with Crippen LogP contribution in [0.15, 0.2) is 54.1 Å². The molecule has 0 spiro atoms. The van der Waals surface area contributed by atoms with E-state index in [1.54, 1.807) is 24.3 Å². The molecule has 1 aliphatic heterocycles. The normalized spacial score (nSPS) is 17.9. The van der Waals surface area contributed by atoms with Gasteiger partial charge in [0.1, 0.15) is 11.5 Å². The van der Waals surface area contributed by atoms with E-state index in [0.29, 0.717) is 30.2 Å². The van der Waals surface area contributed by atoms with Gasteiger partial charge in [0.15, 0.2) is 0 Å². The van der Waals surface area contributed by atoms with E-state index in [0.717, 1.165) is 30.6 Å². The average Bonchev–Trinajstić information content (AvgIpc) is 3.02. The first kappa shape index (κ1) is 22.9. The number of unbranched alkanes of at least 4 members (excludes halogenated alkanes) is 2. The van der Waals surface area contributed by atoms with Crippen LogP contribution in [0.5, 0.6) is 5.75 Å². The number of carbonyl (C=O) groups is 2. The van der Waals surface area contributed by atoms with Crippen molar-refractivity contribution in [1.29, 1.82) is 0 Å². The molecule has 31 heavy (non-hydrogen) atoms. The first-order chi connectivity index (χ1) is 15.0. The predicted octanol–water partition coefficient (Wildman–Crippen LogP) is 5.74. The molecule has 6 heteroatoms. The quantitative estimate of drug-likeness (QED) is 0.233. The Bertz CT molecular complexity index is 968. The smallest absolute Gasteiger partial charge is 0.295 e. The van der Waals surface area contributed by atoms with Gasteiger partial charge in [-0.25, -0.2) is 0 Å². The highest BCUT2D eigenvalue weighted by Crippen LogP contribution is 2.40. The van der Waals surface area contributed by atoms with Crippen LogP contribution >= 0.6 is 11.6 Å². The molecule has 1 fully saturated rings. The molecule has 1 N–H and O–H groups in total. The van der Waals surface area contributed by atoms with Gasteiger partial charge in [-0.15, -0.1) is 0 Å². The summed E-state index contributed by atoms with van der Waals surface area (Å²) >= 11 is 6.06. The Morgan fingerprint density at radius 1 is 1.06 bits per heavy atom. The number of aliphatic hydroxyl groups excluding tert-OH is 1. The lowest BCUT2D eigenvalue weighted by atomic mass is 9.95. The number of benzene rings is 2. The van der Waals surface area contributed by atoms with Crippen LogP contribution in [0.25, 0.3) is 5.76 Å². The number of hydrogen-bond acceptors (Lipinski definition) is 4. The van der Waals surface area contributed by atoms with Gasteiger partial charge in [0.2, 0.25) is 0 Å². The minimum absolute atomic E-state index is 0.0809. The Morgan fingerprint density at radius 2 is 1.81 bits per heavy atom. The van der Waals surface area contributed by atoms with Gasteiger partial charge in [0, 0.05) is 17.1 Å². The third-order valence-corrected chi connectivity index (χ3v) is 5.55. The van der Waals surface area contributed by atoms with E-state index in [1.165, 1.54) is 4.90 Å². The van der Waals surface area contributed by atoms with Gasteiger partial charge in [0.25, 0.3) is 11.7 Å². The maximum atomic E-state index is 12.9. The summed E-state index contributed by atoms with van der Waals surface area (Å²) in [6.45, 7) is 5.15. The van der Waals surface area contributed by atoms with E-state index < -0.39 is 17.7 Å². The molecule has 0 saturated carbocycles. The number of ketones is 1. The molecule has 1 amide bonds. The number of amides is 1. The Kier molecular flexibility index (Phi) is 7.75. The number of likely N-dealkylation sites (tertiary alicyclic amines) is 1. The zero-order valence-electron chi connectivity index (χ0n) is 17.9. The topological polar surface area (TPSA) is 66.8 Å². The van der Waals surface area contributed by atoms with E-state index in [-0.39, 0.29) is 11.3 Å². The lowest BCUT2D eigenvalue weighted by Gasteiger charge is -2.25. The third-order valence-electron chi connectivity index (χ3n) is 5.31. The van der Waals surface area contributed by atoms with Crippen LogP contribution in [0.3, 0.4) is 0 Å². The van der Waals surface area contributed by atoms with Crippen molar-refractivity contribution >= 4 is 29.1 Å². The molecule has 1 aliphatic rings. The lowest BCUT2D eigenvalue weighted by molar-refractivity contribution is -0.139. The van der Waals surface area contributed by atoms with Gasteiger partial charge >= 0.3 is 0 Å². The van der Waals surface area contributed by atoms with E-state index >= 15 is 0 Å². The van der Waals surface area contributed by atoms with Gasteiger partial charge in [-0.2, -0.15) is 0 Å². The monoisotopic (exact) mass is 441 g/mol. The Morgan fingerprint density at radius 3 is 2.45 bits per heavy atom. The third kappa shape index (κ3) is 5.10. The van der Waals surface area contributed by atoms with Crippen LogP contribution in [0.4, 0.5) is 0 Å². The highest BCUT2D eigenvalue weighted by atomic mass is 35.5. The predicted molar refractivity (Wildman–Crippen MR) is 122 cm³/mol. The minimum Gasteiger partial charge on any atom is -0.507 e. The number of hydrogen-bond donors (Lipinski definition) is 1. The fraction of sp³-hybridized carbons (Fsp3) is 0.360. The molecule has 164 valence electrons. The summed E-state index contributed by atoms with van der Waals surface area (Å²) in [6, 6.07) is 13.3. The molecule has 2 aromatic carbocycles. The average molecular weight is 442 g/mol. The number of nitrogens with zero attached hydrogens (tertiary/aromatic N) is 1. The van der Waals surface area contributed by atoms with Gasteiger partial charge < -0.3 is 14.7 Å². The van der Waals surface area contributed by atoms with Gasteiger partial charge in [-0.1, -0.05) is 62.6 Å². The van der Waals surface area contributed by atoms with Crippen molar-refractivity contribution in [3.8, 4) is 5.75 Å². The summed E-state index contributed by atoms with van der Waals surface area (Å²) in [5, 5.41) is 11.4. The number of aliphatic hydroxyl groups is 1. The summed E-state index contributed by atoms with van der Waals surface area (Å²) < 4.78 is 5.78. The van der Waals surface area contributed by atoms with Crippen molar-refractivity contribution < 1.29 is 19.4 Å². The highest BCUT2D eigenvalue weighted by molar-refractivity contribution is 6.46. The second kappa shape index (κ2) is 10.5. The van der Waals surface area contributed by atoms with Gasteiger partial charge in [-0.05, 0) is 42.7 Å². The summed E-state index contributed by atoms with van der Waals surface area (Å²) in [6.07, 6.45) is 3.94. The number of rotatable bonds is 9. The van der Waals surface area contributed by atoms with Gasteiger partial charge in [-0.3, -0.25) is 9.59 Å². The molecule has 0 aliphatic carbocycles. The fourth-order valence-corrected chi connectivity index (χ4v) is 3.97. The largest absolute Gasteiger partial charge is 0.507 e. The molecule has 5 nitrogen and oxygen atoms in total. The molecule has 1 unspecified atom stereocenters. The highest BCUT2D eigenvalue weighted by Gasteiger charge is 2.45. The molecule has 1 heterocycles. The maximum absolute atomic E-state index is 12.9. The summed E-state index contributed by atoms with van der Waals surface area (Å²) in [4.78, 5) is 27.1. The molecular formula is C25H28ClNO4. The Labute approximate surface area is 188 Å². The van der Waals surface area contributed by atoms with Crippen molar-refractivity contribution in [2.45, 2.75) is 45.6 Å². The molecule has 0 bridgehead atoms. The van der Waals surface area contributed by atoms with E-state index in [1.807, 2.05) is 31.2 Å². The lowest BCUT2D eigenvalue weighted by Crippen LogP contribution is -2.30. The Hall–Kier alpha value is -2.79. The van der Waals surface area contributed by atoms with Crippen LogP contribution in [-0.4, -0.2) is 34.8 Å². The van der Waals surface area contributed by atoms with E-state index in [9.17, 15) is 14.7 Å². The molecule has 0 radical (unpaired) electrons. The van der Waals surface area contributed by atoms with Crippen LogP contribution in [-0.2, 0) is 9.59 Å². The van der Waals surface area contributed by atoms with Crippen LogP contribution in [0.1, 0.15) is 56.7 Å². The summed E-state index contributed by atoms with van der Waals surface area (Å²) in [5.74, 6) is -0.766. The van der Waals surface area contributed by atoms with Gasteiger partial charge in [0.05, 0.1) is 18.2 Å². The number of ether oxygens (including phenoxy) is 1. The first-order valence-corrected chi connectivity index (χ1v) is 11.1. The number of carbonyl (C=O) groups excluding carboxylic acids is 2. The van der Waals surface area contributed by atoms with Crippen LogP contribution < -0.4 is 4.74 Å². The van der Waals surface area contributed by atoms with Crippen LogP contribution in [0.2, 0.25) is 5.02 Å². The van der Waals surface area contributed by atoms with E-state index in [4.69, 9.17) is 16.3 Å². The standard InChI is InChI=1S/C25H28ClNO4/c1-3-5-6-15-31-20-12-10-17(11-13-20)22-21(24(29)25(30)27(22)14-4-2)23(28)18-8-7-9-19(26)16-18/h7-13,16,22,28H,3-6,14-15H2,1-2H3/b23-21-. The molecule has 1 atom stereocenters. The molecule has 1 saturated heterocycles. The SMILES string of the molecule is CCCCCOc1ccc(C2/C(=C(/O)c3cccc(Cl)c3)C(=O)C(=O)N2CCC)cc1. The fourth-order valence-electron chi connectivity index (χ4n) is 3.78. The maximum Gasteiger partial charge on any atom is 0.295 e. The molecule has 0 aromatic heterocycles. The van der Waals surface area contributed by atoms with Crippen molar-refractivity contribution in [2.75, 3.05) is 13.2 Å². The molecule has 3 rings (SSSR count). The van der Waals surface area contributed by atoms with Crippen LogP contribution in [0, 0.1) is 0 Å². The second-order valence-electron chi connectivity index (χ2n) is 7.63. The minimum atomic E-state index is -0.684. The number of halogens is 1. The summed E-state index contributed by atoms with van der Waals surface area (Å²) in [7, 11) is 0. The molecule has 2 aromatic rings.